The minimum atomic E-state index is 0.611. The first-order valence-corrected chi connectivity index (χ1v) is 7.24. The molecular formula is C17H21N3. The van der Waals surface area contributed by atoms with E-state index in [2.05, 4.69) is 55.3 Å². The number of rotatable bonds is 3. The van der Waals surface area contributed by atoms with Crippen molar-refractivity contribution in [2.75, 3.05) is 5.32 Å². The molecule has 0 spiro atoms. The average Bonchev–Trinajstić information content (AvgIpc) is 3.23. The number of nitrogens with one attached hydrogen (secondary N) is 1. The lowest BCUT2D eigenvalue weighted by Crippen LogP contribution is -2.04. The van der Waals surface area contributed by atoms with E-state index in [9.17, 15) is 0 Å². The predicted molar refractivity (Wildman–Crippen MR) is 83.1 cm³/mol. The molecule has 1 fully saturated rings. The van der Waals surface area contributed by atoms with Crippen molar-refractivity contribution in [1.82, 2.24) is 10.2 Å². The summed E-state index contributed by atoms with van der Waals surface area (Å²) in [5, 5.41) is 12.1. The van der Waals surface area contributed by atoms with Crippen LogP contribution in [0.5, 0.6) is 0 Å². The van der Waals surface area contributed by atoms with Gasteiger partial charge >= 0.3 is 0 Å². The van der Waals surface area contributed by atoms with Crippen LogP contribution >= 0.6 is 0 Å². The zero-order valence-electron chi connectivity index (χ0n) is 12.6. The summed E-state index contributed by atoms with van der Waals surface area (Å²) in [6.45, 7) is 8.63. The number of hydrogen-bond acceptors (Lipinski definition) is 3. The van der Waals surface area contributed by atoms with Gasteiger partial charge in [0.05, 0.1) is 5.69 Å². The van der Waals surface area contributed by atoms with Gasteiger partial charge in [-0.25, -0.2) is 0 Å². The molecule has 1 aliphatic carbocycles. The minimum absolute atomic E-state index is 0.611. The molecule has 3 heteroatoms. The van der Waals surface area contributed by atoms with E-state index < -0.39 is 0 Å². The summed E-state index contributed by atoms with van der Waals surface area (Å²) in [5.41, 5.74) is 7.41. The van der Waals surface area contributed by atoms with Crippen LogP contribution in [0.15, 0.2) is 18.2 Å². The Kier molecular flexibility index (Phi) is 3.20. The molecule has 2 aromatic rings. The van der Waals surface area contributed by atoms with Crippen LogP contribution in [-0.4, -0.2) is 16.2 Å². The second-order valence-corrected chi connectivity index (χ2v) is 5.86. The summed E-state index contributed by atoms with van der Waals surface area (Å²) in [7, 11) is 0. The molecule has 1 N–H and O–H groups in total. The summed E-state index contributed by atoms with van der Waals surface area (Å²) in [4.78, 5) is 0. The fourth-order valence-corrected chi connectivity index (χ4v) is 2.58. The first kappa shape index (κ1) is 13.1. The third kappa shape index (κ3) is 2.40. The van der Waals surface area contributed by atoms with Crippen LogP contribution in [0.1, 0.15) is 35.1 Å². The summed E-state index contributed by atoms with van der Waals surface area (Å²) in [6, 6.07) is 6.97. The number of hydrogen-bond donors (Lipinski definition) is 1. The zero-order valence-corrected chi connectivity index (χ0v) is 12.6. The summed E-state index contributed by atoms with van der Waals surface area (Å²) in [6.07, 6.45) is 2.50. The van der Waals surface area contributed by atoms with Gasteiger partial charge in [-0.3, -0.25) is 0 Å². The molecule has 0 aliphatic heterocycles. The Morgan fingerprint density at radius 3 is 2.10 bits per heavy atom. The molecule has 1 heterocycles. The largest absolute Gasteiger partial charge is 0.366 e. The summed E-state index contributed by atoms with van der Waals surface area (Å²) in [5.74, 6) is 0.885. The van der Waals surface area contributed by atoms with Crippen molar-refractivity contribution in [2.24, 2.45) is 0 Å². The molecule has 1 saturated carbocycles. The van der Waals surface area contributed by atoms with Gasteiger partial charge in [0.15, 0.2) is 0 Å². The van der Waals surface area contributed by atoms with E-state index in [4.69, 9.17) is 0 Å². The number of aromatic nitrogens is 2. The van der Waals surface area contributed by atoms with Crippen LogP contribution in [0.2, 0.25) is 0 Å². The fourth-order valence-electron chi connectivity index (χ4n) is 2.58. The van der Waals surface area contributed by atoms with Gasteiger partial charge in [-0.2, -0.15) is 0 Å². The smallest absolute Gasteiger partial charge is 0.148 e. The lowest BCUT2D eigenvalue weighted by Gasteiger charge is -2.14. The molecule has 0 radical (unpaired) electrons. The van der Waals surface area contributed by atoms with Crippen LogP contribution in [0.3, 0.4) is 0 Å². The topological polar surface area (TPSA) is 37.8 Å². The van der Waals surface area contributed by atoms with Gasteiger partial charge in [0, 0.05) is 11.6 Å². The first-order valence-electron chi connectivity index (χ1n) is 7.24. The minimum Gasteiger partial charge on any atom is -0.366 e. The van der Waals surface area contributed by atoms with E-state index in [1.807, 2.05) is 6.07 Å². The Morgan fingerprint density at radius 2 is 1.60 bits per heavy atom. The van der Waals surface area contributed by atoms with Gasteiger partial charge in [-0.05, 0) is 74.9 Å². The second-order valence-electron chi connectivity index (χ2n) is 5.86. The Labute approximate surface area is 120 Å². The lowest BCUT2D eigenvalue weighted by atomic mass is 9.92. The van der Waals surface area contributed by atoms with Crippen molar-refractivity contribution in [3.63, 3.8) is 0 Å². The molecule has 1 aromatic carbocycles. The Balaban J connectivity index is 1.99. The van der Waals surface area contributed by atoms with Crippen LogP contribution in [0.4, 0.5) is 5.82 Å². The van der Waals surface area contributed by atoms with E-state index in [0.717, 1.165) is 11.5 Å². The number of anilines is 1. The number of benzene rings is 1. The van der Waals surface area contributed by atoms with E-state index in [1.54, 1.807) is 0 Å². The van der Waals surface area contributed by atoms with Crippen molar-refractivity contribution in [3.8, 4) is 11.3 Å². The highest BCUT2D eigenvalue weighted by Crippen LogP contribution is 2.30. The highest BCUT2D eigenvalue weighted by molar-refractivity contribution is 5.70. The molecule has 104 valence electrons. The second kappa shape index (κ2) is 4.89. The van der Waals surface area contributed by atoms with Crippen molar-refractivity contribution < 1.29 is 0 Å². The lowest BCUT2D eigenvalue weighted by molar-refractivity contribution is 1.00. The molecule has 3 nitrogen and oxygen atoms in total. The van der Waals surface area contributed by atoms with Crippen molar-refractivity contribution in [1.29, 1.82) is 0 Å². The molecule has 0 amide bonds. The fraction of sp³-hybridized carbons (Fsp3) is 0.412. The van der Waals surface area contributed by atoms with Gasteiger partial charge in [0.2, 0.25) is 0 Å². The maximum atomic E-state index is 4.42. The molecule has 0 unspecified atom stereocenters. The van der Waals surface area contributed by atoms with E-state index >= 15 is 0 Å². The Hall–Kier alpha value is -1.90. The van der Waals surface area contributed by atoms with E-state index in [0.29, 0.717) is 6.04 Å². The van der Waals surface area contributed by atoms with Crippen LogP contribution in [0.25, 0.3) is 11.3 Å². The predicted octanol–water partition coefficient (Wildman–Crippen LogP) is 3.95. The molecule has 20 heavy (non-hydrogen) atoms. The third-order valence-electron chi connectivity index (χ3n) is 4.22. The molecular weight excluding hydrogens is 246 g/mol. The quantitative estimate of drug-likeness (QED) is 0.915. The molecule has 1 aromatic heterocycles. The standard InChI is InChI=1S/C17H21N3/c1-10-9-11(2)13(4)17(12(10)3)15-7-8-16(20-19-15)18-14-5-6-14/h7-9,14H,5-6H2,1-4H3,(H,18,20). The summed E-state index contributed by atoms with van der Waals surface area (Å²) >= 11 is 0. The molecule has 3 rings (SSSR count). The molecule has 0 bridgehead atoms. The van der Waals surface area contributed by atoms with E-state index in [-0.39, 0.29) is 0 Å². The van der Waals surface area contributed by atoms with Crippen molar-refractivity contribution in [2.45, 2.75) is 46.6 Å². The number of aryl methyl sites for hydroxylation is 2. The van der Waals surface area contributed by atoms with Crippen LogP contribution in [-0.2, 0) is 0 Å². The maximum absolute atomic E-state index is 4.42. The van der Waals surface area contributed by atoms with Crippen LogP contribution in [0, 0.1) is 27.7 Å². The highest BCUT2D eigenvalue weighted by atomic mass is 15.2. The molecule has 0 atom stereocenters. The molecule has 0 saturated heterocycles. The summed E-state index contributed by atoms with van der Waals surface area (Å²) < 4.78 is 0. The van der Waals surface area contributed by atoms with Crippen molar-refractivity contribution >= 4 is 5.82 Å². The highest BCUT2D eigenvalue weighted by Gasteiger charge is 2.21. The van der Waals surface area contributed by atoms with Gasteiger partial charge < -0.3 is 5.32 Å². The Bertz CT molecular complexity index is 614. The van der Waals surface area contributed by atoms with Crippen molar-refractivity contribution in [3.05, 3.63) is 40.5 Å². The van der Waals surface area contributed by atoms with Crippen LogP contribution < -0.4 is 5.32 Å². The SMILES string of the molecule is Cc1cc(C)c(C)c(-c2ccc(NC3CC3)nn2)c1C. The first-order chi connectivity index (χ1) is 9.56. The normalized spacial score (nSPS) is 14.4. The monoisotopic (exact) mass is 267 g/mol. The van der Waals surface area contributed by atoms with Gasteiger partial charge in [0.25, 0.3) is 0 Å². The van der Waals surface area contributed by atoms with Gasteiger partial charge in [-0.1, -0.05) is 6.07 Å². The van der Waals surface area contributed by atoms with E-state index in [1.165, 1.54) is 40.7 Å². The number of nitrogens with zero attached hydrogens (tertiary/aromatic N) is 2. The molecule has 1 aliphatic rings. The van der Waals surface area contributed by atoms with Gasteiger partial charge in [0.1, 0.15) is 5.82 Å². The van der Waals surface area contributed by atoms with Gasteiger partial charge in [-0.15, -0.1) is 10.2 Å². The average molecular weight is 267 g/mol. The maximum Gasteiger partial charge on any atom is 0.148 e. The zero-order chi connectivity index (χ0) is 14.3. The Morgan fingerprint density at radius 1 is 0.950 bits per heavy atom. The third-order valence-corrected chi connectivity index (χ3v) is 4.22.